The molecule has 2 aliphatic heterocycles. The lowest BCUT2D eigenvalue weighted by Crippen LogP contribution is -2.22. The molecular formula is C21H23ClN2O2. The van der Waals surface area contributed by atoms with Crippen LogP contribution in [0.25, 0.3) is 5.70 Å². The molecule has 136 valence electrons. The van der Waals surface area contributed by atoms with E-state index in [0.29, 0.717) is 6.54 Å². The molecule has 2 N–H and O–H groups in total. The molecular weight excluding hydrogens is 348 g/mol. The molecule has 2 atom stereocenters. The standard InChI is InChI=1S/C21H23ClN2O2/c1-26-21-12-15(4-9-20(21)24-11-10-17(25)13-24)19-8-7-18(23-19)14-2-5-16(22)6-3-14/h2-7,9,12,17,19,23,25H,8,10-11,13H2,1H3/t17?,19-/m1/s1. The summed E-state index contributed by atoms with van der Waals surface area (Å²) in [6, 6.07) is 14.5. The number of aliphatic hydroxyl groups is 1. The third kappa shape index (κ3) is 3.39. The highest BCUT2D eigenvalue weighted by atomic mass is 35.5. The Morgan fingerprint density at radius 2 is 2.00 bits per heavy atom. The van der Waals surface area contributed by atoms with Crippen LogP contribution in [-0.4, -0.2) is 31.4 Å². The van der Waals surface area contributed by atoms with E-state index in [-0.39, 0.29) is 12.1 Å². The van der Waals surface area contributed by atoms with E-state index in [9.17, 15) is 5.11 Å². The average molecular weight is 371 g/mol. The highest BCUT2D eigenvalue weighted by Gasteiger charge is 2.25. The van der Waals surface area contributed by atoms with Crippen molar-refractivity contribution in [2.45, 2.75) is 25.0 Å². The van der Waals surface area contributed by atoms with Gasteiger partial charge < -0.3 is 20.1 Å². The predicted octanol–water partition coefficient (Wildman–Crippen LogP) is 4.00. The molecule has 0 aliphatic carbocycles. The summed E-state index contributed by atoms with van der Waals surface area (Å²) >= 11 is 5.98. The maximum Gasteiger partial charge on any atom is 0.142 e. The predicted molar refractivity (Wildman–Crippen MR) is 106 cm³/mol. The molecule has 2 aromatic carbocycles. The van der Waals surface area contributed by atoms with Gasteiger partial charge in [0.15, 0.2) is 0 Å². The molecule has 0 amide bonds. The number of methoxy groups -OCH3 is 1. The number of ether oxygens (including phenoxy) is 1. The Hall–Kier alpha value is -2.17. The minimum absolute atomic E-state index is 0.229. The van der Waals surface area contributed by atoms with Gasteiger partial charge in [-0.05, 0) is 48.2 Å². The number of benzene rings is 2. The minimum Gasteiger partial charge on any atom is -0.495 e. The lowest BCUT2D eigenvalue weighted by molar-refractivity contribution is 0.198. The number of anilines is 1. The zero-order valence-corrected chi connectivity index (χ0v) is 15.5. The Labute approximate surface area is 159 Å². The summed E-state index contributed by atoms with van der Waals surface area (Å²) in [5, 5.41) is 14.1. The van der Waals surface area contributed by atoms with Gasteiger partial charge in [0.1, 0.15) is 5.75 Å². The van der Waals surface area contributed by atoms with Crippen molar-refractivity contribution in [3.63, 3.8) is 0 Å². The van der Waals surface area contributed by atoms with Gasteiger partial charge in [0.2, 0.25) is 0 Å². The number of rotatable bonds is 4. The zero-order chi connectivity index (χ0) is 18.1. The van der Waals surface area contributed by atoms with E-state index in [1.807, 2.05) is 24.3 Å². The Bertz CT molecular complexity index is 819. The Balaban J connectivity index is 1.51. The van der Waals surface area contributed by atoms with Crippen molar-refractivity contribution in [2.24, 2.45) is 0 Å². The molecule has 4 rings (SSSR count). The molecule has 0 spiro atoms. The Morgan fingerprint density at radius 3 is 2.69 bits per heavy atom. The van der Waals surface area contributed by atoms with Crippen LogP contribution < -0.4 is 15.0 Å². The topological polar surface area (TPSA) is 44.7 Å². The van der Waals surface area contributed by atoms with Gasteiger partial charge in [0.25, 0.3) is 0 Å². The summed E-state index contributed by atoms with van der Waals surface area (Å²) in [7, 11) is 1.70. The maximum atomic E-state index is 9.80. The van der Waals surface area contributed by atoms with E-state index < -0.39 is 0 Å². The number of hydrogen-bond donors (Lipinski definition) is 2. The van der Waals surface area contributed by atoms with Gasteiger partial charge in [0, 0.05) is 23.8 Å². The smallest absolute Gasteiger partial charge is 0.142 e. The number of hydrogen-bond acceptors (Lipinski definition) is 4. The number of halogens is 1. The highest BCUT2D eigenvalue weighted by molar-refractivity contribution is 6.30. The van der Waals surface area contributed by atoms with Crippen molar-refractivity contribution in [3.8, 4) is 5.75 Å². The first kappa shape index (κ1) is 17.3. The summed E-state index contributed by atoms with van der Waals surface area (Å²) in [6.45, 7) is 1.53. The van der Waals surface area contributed by atoms with Gasteiger partial charge in [-0.1, -0.05) is 35.9 Å². The lowest BCUT2D eigenvalue weighted by atomic mass is 10.0. The first-order valence-electron chi connectivity index (χ1n) is 8.97. The van der Waals surface area contributed by atoms with E-state index in [1.165, 1.54) is 5.56 Å². The van der Waals surface area contributed by atoms with E-state index in [2.05, 4.69) is 34.5 Å². The SMILES string of the molecule is COc1cc([C@H]2CC=C(c3ccc(Cl)cc3)N2)ccc1N1CCC(O)C1. The van der Waals surface area contributed by atoms with Gasteiger partial charge in [-0.2, -0.15) is 0 Å². The molecule has 2 heterocycles. The van der Waals surface area contributed by atoms with E-state index >= 15 is 0 Å². The molecule has 1 fully saturated rings. The molecule has 0 radical (unpaired) electrons. The van der Waals surface area contributed by atoms with Gasteiger partial charge >= 0.3 is 0 Å². The molecule has 5 heteroatoms. The molecule has 2 aliphatic rings. The van der Waals surface area contributed by atoms with Crippen LogP contribution in [0.1, 0.15) is 30.0 Å². The summed E-state index contributed by atoms with van der Waals surface area (Å²) in [4.78, 5) is 2.19. The van der Waals surface area contributed by atoms with Gasteiger partial charge in [-0.3, -0.25) is 0 Å². The second-order valence-electron chi connectivity index (χ2n) is 6.88. The van der Waals surface area contributed by atoms with Gasteiger partial charge in [-0.15, -0.1) is 0 Å². The molecule has 0 aromatic heterocycles. The fourth-order valence-corrected chi connectivity index (χ4v) is 3.85. The quantitative estimate of drug-likeness (QED) is 0.854. The molecule has 1 saturated heterocycles. The fraction of sp³-hybridized carbons (Fsp3) is 0.333. The molecule has 4 nitrogen and oxygen atoms in total. The lowest BCUT2D eigenvalue weighted by Gasteiger charge is -2.23. The van der Waals surface area contributed by atoms with Crippen LogP contribution >= 0.6 is 11.6 Å². The van der Waals surface area contributed by atoms with Crippen molar-refractivity contribution >= 4 is 23.0 Å². The van der Waals surface area contributed by atoms with Crippen LogP contribution in [0.3, 0.4) is 0 Å². The second kappa shape index (κ2) is 7.22. The number of nitrogens with zero attached hydrogens (tertiary/aromatic N) is 1. The number of β-amino-alcohol motifs (C(OH)–C–C–N with tert-alkyl or cyclic N) is 1. The Kier molecular flexibility index (Phi) is 4.79. The van der Waals surface area contributed by atoms with E-state index in [0.717, 1.165) is 47.1 Å². The second-order valence-corrected chi connectivity index (χ2v) is 7.31. The maximum absolute atomic E-state index is 9.80. The zero-order valence-electron chi connectivity index (χ0n) is 14.8. The van der Waals surface area contributed by atoms with Crippen molar-refractivity contribution in [3.05, 3.63) is 64.7 Å². The van der Waals surface area contributed by atoms with Crippen molar-refractivity contribution in [1.82, 2.24) is 5.32 Å². The molecule has 2 aromatic rings. The minimum atomic E-state index is -0.248. The first-order valence-corrected chi connectivity index (χ1v) is 9.35. The van der Waals surface area contributed by atoms with E-state index in [4.69, 9.17) is 16.3 Å². The van der Waals surface area contributed by atoms with Crippen LogP contribution in [0.15, 0.2) is 48.5 Å². The average Bonchev–Trinajstić information content (AvgIpc) is 3.31. The van der Waals surface area contributed by atoms with Crippen LogP contribution in [0, 0.1) is 0 Å². The van der Waals surface area contributed by atoms with Gasteiger partial charge in [0.05, 0.1) is 24.9 Å². The summed E-state index contributed by atoms with van der Waals surface area (Å²) in [5.74, 6) is 0.860. The van der Waals surface area contributed by atoms with Crippen LogP contribution in [0.5, 0.6) is 5.75 Å². The highest BCUT2D eigenvalue weighted by Crippen LogP contribution is 2.36. The third-order valence-electron chi connectivity index (χ3n) is 5.15. The number of nitrogens with one attached hydrogen (secondary N) is 1. The van der Waals surface area contributed by atoms with Crippen LogP contribution in [0.2, 0.25) is 5.02 Å². The first-order chi connectivity index (χ1) is 12.6. The summed E-state index contributed by atoms with van der Waals surface area (Å²) in [6.07, 6.45) is 3.72. The van der Waals surface area contributed by atoms with Crippen LogP contribution in [-0.2, 0) is 0 Å². The van der Waals surface area contributed by atoms with Gasteiger partial charge in [-0.25, -0.2) is 0 Å². The van der Waals surface area contributed by atoms with Crippen molar-refractivity contribution < 1.29 is 9.84 Å². The normalized spacial score (nSPS) is 22.3. The van der Waals surface area contributed by atoms with Crippen molar-refractivity contribution in [2.75, 3.05) is 25.1 Å². The molecule has 0 bridgehead atoms. The molecule has 1 unspecified atom stereocenters. The van der Waals surface area contributed by atoms with Crippen LogP contribution in [0.4, 0.5) is 5.69 Å². The fourth-order valence-electron chi connectivity index (χ4n) is 3.72. The Morgan fingerprint density at radius 1 is 1.19 bits per heavy atom. The third-order valence-corrected chi connectivity index (χ3v) is 5.40. The number of aliphatic hydroxyl groups excluding tert-OH is 1. The largest absolute Gasteiger partial charge is 0.495 e. The van der Waals surface area contributed by atoms with E-state index in [1.54, 1.807) is 7.11 Å². The van der Waals surface area contributed by atoms with Crippen molar-refractivity contribution in [1.29, 1.82) is 0 Å². The molecule has 0 saturated carbocycles. The monoisotopic (exact) mass is 370 g/mol. The summed E-state index contributed by atoms with van der Waals surface area (Å²) < 4.78 is 5.64. The molecule has 26 heavy (non-hydrogen) atoms. The summed E-state index contributed by atoms with van der Waals surface area (Å²) in [5.41, 5.74) is 4.53.